The molecular formula is C27H46O4. The van der Waals surface area contributed by atoms with Crippen LogP contribution in [0.1, 0.15) is 122 Å². The quantitative estimate of drug-likeness (QED) is 0.192. The number of unbranched alkanes of at least 4 members (excludes halogenated alkanes) is 16. The summed E-state index contributed by atoms with van der Waals surface area (Å²) in [4.78, 5) is 10.6. The van der Waals surface area contributed by atoms with E-state index < -0.39 is 12.6 Å². The van der Waals surface area contributed by atoms with Gasteiger partial charge in [-0.2, -0.15) is 0 Å². The molecule has 0 aliphatic heterocycles. The summed E-state index contributed by atoms with van der Waals surface area (Å²) in [5.41, 5.74) is 0.837. The van der Waals surface area contributed by atoms with Crippen LogP contribution in [-0.4, -0.2) is 22.8 Å². The van der Waals surface area contributed by atoms with Crippen molar-refractivity contribution in [3.63, 3.8) is 0 Å². The molecular weight excluding hydrogens is 388 g/mol. The second kappa shape index (κ2) is 19.0. The molecule has 0 atom stereocenters. The minimum Gasteiger partial charge on any atom is -0.504 e. The van der Waals surface area contributed by atoms with Gasteiger partial charge in [-0.1, -0.05) is 122 Å². The summed E-state index contributed by atoms with van der Waals surface area (Å²) in [6, 6.07) is 5.30. The third kappa shape index (κ3) is 14.8. The van der Waals surface area contributed by atoms with Crippen LogP contribution in [-0.2, 0) is 11.2 Å². The van der Waals surface area contributed by atoms with Gasteiger partial charge in [0, 0.05) is 0 Å². The third-order valence-corrected chi connectivity index (χ3v) is 5.98. The molecule has 0 unspecified atom stereocenters. The Bertz CT molecular complexity index is 570. The predicted molar refractivity (Wildman–Crippen MR) is 129 cm³/mol. The van der Waals surface area contributed by atoms with Crippen molar-refractivity contribution in [3.8, 4) is 11.5 Å². The molecule has 178 valence electrons. The molecule has 31 heavy (non-hydrogen) atoms. The van der Waals surface area contributed by atoms with Crippen molar-refractivity contribution in [2.24, 2.45) is 0 Å². The highest BCUT2D eigenvalue weighted by molar-refractivity contribution is 5.68. The molecule has 0 radical (unpaired) electrons. The van der Waals surface area contributed by atoms with Gasteiger partial charge >= 0.3 is 5.97 Å². The fourth-order valence-electron chi connectivity index (χ4n) is 4.07. The lowest BCUT2D eigenvalue weighted by atomic mass is 10.0. The Kier molecular flexibility index (Phi) is 16.8. The Morgan fingerprint density at radius 3 is 1.65 bits per heavy atom. The Morgan fingerprint density at radius 1 is 0.742 bits per heavy atom. The monoisotopic (exact) mass is 434 g/mol. The zero-order chi connectivity index (χ0) is 22.6. The van der Waals surface area contributed by atoms with Gasteiger partial charge in [-0.25, -0.2) is 4.79 Å². The van der Waals surface area contributed by atoms with E-state index >= 15 is 0 Å². The minimum atomic E-state index is -1.04. The molecule has 1 rings (SSSR count). The smallest absolute Gasteiger partial charge is 0.341 e. The Labute approximate surface area is 190 Å². The van der Waals surface area contributed by atoms with E-state index in [9.17, 15) is 9.90 Å². The number of ether oxygens (including phenoxy) is 1. The molecule has 0 spiro atoms. The number of phenols is 1. The first-order valence-corrected chi connectivity index (χ1v) is 12.8. The summed E-state index contributed by atoms with van der Waals surface area (Å²) < 4.78 is 5.13. The Morgan fingerprint density at radius 2 is 1.19 bits per heavy atom. The van der Waals surface area contributed by atoms with Crippen molar-refractivity contribution >= 4 is 5.97 Å². The topological polar surface area (TPSA) is 66.8 Å². The maximum absolute atomic E-state index is 10.6. The lowest BCUT2D eigenvalue weighted by Gasteiger charge is -2.10. The third-order valence-electron chi connectivity index (χ3n) is 5.98. The molecule has 0 fully saturated rings. The number of para-hydroxylation sites is 1. The maximum Gasteiger partial charge on any atom is 0.341 e. The number of aliphatic carboxylic acids is 1. The van der Waals surface area contributed by atoms with Crippen molar-refractivity contribution in [3.05, 3.63) is 23.8 Å². The summed E-state index contributed by atoms with van der Waals surface area (Å²) in [6.45, 7) is 1.84. The van der Waals surface area contributed by atoms with Gasteiger partial charge in [-0.15, -0.1) is 0 Å². The zero-order valence-electron chi connectivity index (χ0n) is 19.9. The van der Waals surface area contributed by atoms with E-state index in [0.29, 0.717) is 0 Å². The number of phenolic OH excluding ortho intramolecular Hbond substituents is 1. The number of hydrogen-bond donors (Lipinski definition) is 2. The first-order chi connectivity index (χ1) is 15.1. The summed E-state index contributed by atoms with van der Waals surface area (Å²) in [7, 11) is 0. The fraction of sp³-hybridized carbons (Fsp3) is 0.741. The molecule has 4 nitrogen and oxygen atoms in total. The van der Waals surface area contributed by atoms with Gasteiger partial charge < -0.3 is 14.9 Å². The number of carbonyl (C=O) groups is 1. The normalized spacial score (nSPS) is 11.0. The molecule has 0 amide bonds. The Balaban J connectivity index is 1.92. The molecule has 0 bridgehead atoms. The number of carboxylic acids is 1. The standard InChI is InChI=1S/C27H46O4/c1-2-3-4-5-6-7-8-9-10-11-12-13-14-15-16-17-18-20-24-21-19-22-25(27(24)30)31-23-26(28)29/h19,21-22,30H,2-18,20,23H2,1H3,(H,28,29). The number of benzene rings is 1. The van der Waals surface area contributed by atoms with Crippen molar-refractivity contribution in [1.82, 2.24) is 0 Å². The first-order valence-electron chi connectivity index (χ1n) is 12.8. The molecule has 0 saturated carbocycles. The highest BCUT2D eigenvalue weighted by Crippen LogP contribution is 2.31. The van der Waals surface area contributed by atoms with E-state index in [4.69, 9.17) is 9.84 Å². The summed E-state index contributed by atoms with van der Waals surface area (Å²) in [6.07, 6.45) is 23.7. The average Bonchev–Trinajstić information content (AvgIpc) is 2.76. The second-order valence-electron chi connectivity index (χ2n) is 8.85. The van der Waals surface area contributed by atoms with E-state index in [1.165, 1.54) is 96.3 Å². The fourth-order valence-corrected chi connectivity index (χ4v) is 4.07. The van der Waals surface area contributed by atoms with Crippen LogP contribution in [0.25, 0.3) is 0 Å². The van der Waals surface area contributed by atoms with Crippen molar-refractivity contribution in [2.75, 3.05) is 6.61 Å². The number of carboxylic acid groups (broad SMARTS) is 1. The lowest BCUT2D eigenvalue weighted by Crippen LogP contribution is -2.09. The van der Waals surface area contributed by atoms with Gasteiger partial charge in [0.15, 0.2) is 18.1 Å². The van der Waals surface area contributed by atoms with Gasteiger partial charge in [0.25, 0.3) is 0 Å². The van der Waals surface area contributed by atoms with Crippen molar-refractivity contribution in [2.45, 2.75) is 122 Å². The van der Waals surface area contributed by atoms with Crippen LogP contribution < -0.4 is 4.74 Å². The number of aryl methyl sites for hydroxylation is 1. The molecule has 0 aromatic heterocycles. The highest BCUT2D eigenvalue weighted by atomic mass is 16.5. The van der Waals surface area contributed by atoms with Crippen LogP contribution >= 0.6 is 0 Å². The summed E-state index contributed by atoms with van der Waals surface area (Å²) >= 11 is 0. The molecule has 1 aromatic rings. The van der Waals surface area contributed by atoms with Crippen LogP contribution in [0.4, 0.5) is 0 Å². The van der Waals surface area contributed by atoms with Gasteiger partial charge in [0.05, 0.1) is 0 Å². The van der Waals surface area contributed by atoms with Crippen LogP contribution in [0, 0.1) is 0 Å². The SMILES string of the molecule is CCCCCCCCCCCCCCCCCCCc1cccc(OCC(=O)O)c1O. The average molecular weight is 435 g/mol. The van der Waals surface area contributed by atoms with E-state index in [2.05, 4.69) is 6.92 Å². The van der Waals surface area contributed by atoms with Crippen molar-refractivity contribution in [1.29, 1.82) is 0 Å². The van der Waals surface area contributed by atoms with Gasteiger partial charge in [-0.3, -0.25) is 0 Å². The van der Waals surface area contributed by atoms with Gasteiger partial charge in [-0.05, 0) is 24.5 Å². The summed E-state index contributed by atoms with van der Waals surface area (Å²) in [5, 5.41) is 18.9. The zero-order valence-corrected chi connectivity index (χ0v) is 19.9. The molecule has 2 N–H and O–H groups in total. The van der Waals surface area contributed by atoms with Crippen LogP contribution in [0.15, 0.2) is 18.2 Å². The summed E-state index contributed by atoms with van der Waals surface area (Å²) in [5.74, 6) is -0.704. The van der Waals surface area contributed by atoms with Crippen LogP contribution in [0.3, 0.4) is 0 Å². The maximum atomic E-state index is 10.6. The minimum absolute atomic E-state index is 0.0836. The van der Waals surface area contributed by atoms with E-state index in [1.807, 2.05) is 6.07 Å². The molecule has 0 aliphatic rings. The lowest BCUT2D eigenvalue weighted by molar-refractivity contribution is -0.139. The molecule has 0 aliphatic carbocycles. The number of aromatic hydroxyl groups is 1. The van der Waals surface area contributed by atoms with Gasteiger partial charge in [0.2, 0.25) is 0 Å². The van der Waals surface area contributed by atoms with E-state index in [1.54, 1.807) is 12.1 Å². The van der Waals surface area contributed by atoms with Crippen molar-refractivity contribution < 1.29 is 19.7 Å². The highest BCUT2D eigenvalue weighted by Gasteiger charge is 2.09. The van der Waals surface area contributed by atoms with E-state index in [0.717, 1.165) is 24.8 Å². The molecule has 4 heteroatoms. The van der Waals surface area contributed by atoms with Gasteiger partial charge in [0.1, 0.15) is 0 Å². The van der Waals surface area contributed by atoms with Crippen LogP contribution in [0.2, 0.25) is 0 Å². The molecule has 0 heterocycles. The second-order valence-corrected chi connectivity index (χ2v) is 8.85. The Hall–Kier alpha value is -1.71. The molecule has 1 aromatic carbocycles. The van der Waals surface area contributed by atoms with Crippen LogP contribution in [0.5, 0.6) is 11.5 Å². The number of hydrogen-bond acceptors (Lipinski definition) is 3. The predicted octanol–water partition coefficient (Wildman–Crippen LogP) is 8.05. The largest absolute Gasteiger partial charge is 0.504 e. The van der Waals surface area contributed by atoms with E-state index in [-0.39, 0.29) is 11.5 Å². The first kappa shape index (κ1) is 27.3. The molecule has 0 saturated heterocycles. The number of rotatable bonds is 21.